The van der Waals surface area contributed by atoms with E-state index in [2.05, 4.69) is 21.9 Å². The molecular formula is C18H19NO3. The average Bonchev–Trinajstić information content (AvgIpc) is 3.04. The lowest BCUT2D eigenvalue weighted by molar-refractivity contribution is -0.128. The highest BCUT2D eigenvalue weighted by Crippen LogP contribution is 2.25. The maximum Gasteiger partial charge on any atom is 0.293 e. The smallest absolute Gasteiger partial charge is 0.293 e. The van der Waals surface area contributed by atoms with Gasteiger partial charge < -0.3 is 14.5 Å². The molecule has 4 nitrogen and oxygen atoms in total. The van der Waals surface area contributed by atoms with E-state index < -0.39 is 0 Å². The molecule has 1 N–H and O–H groups in total. The Kier molecular flexibility index (Phi) is 6.05. The van der Waals surface area contributed by atoms with E-state index >= 15 is 0 Å². The van der Waals surface area contributed by atoms with Gasteiger partial charge in [-0.15, -0.1) is 0 Å². The second-order valence-electron chi connectivity index (χ2n) is 4.52. The normalized spacial score (nSPS) is 9.68. The zero-order valence-corrected chi connectivity index (χ0v) is 12.5. The van der Waals surface area contributed by atoms with Crippen LogP contribution in [0.2, 0.25) is 0 Å². The van der Waals surface area contributed by atoms with Gasteiger partial charge in [0.15, 0.2) is 0 Å². The number of fused-ring (bicyclic) bond motifs is 1. The molecule has 0 aliphatic heterocycles. The molecule has 0 unspecified atom stereocenters. The number of carbonyl (C=O) groups is 1. The first kappa shape index (κ1) is 15.6. The van der Waals surface area contributed by atoms with Crippen molar-refractivity contribution in [2.24, 2.45) is 0 Å². The van der Waals surface area contributed by atoms with Crippen LogP contribution in [0, 0.1) is 0 Å². The summed E-state index contributed by atoms with van der Waals surface area (Å²) in [6.07, 6.45) is 1.93. The standard InChI is InChI=1S/C15H13NO.C3H6O2/c1-2-5-12(6-3-1)11-17-15-8-4-7-14-13(15)9-10-16-14;1-2-5-3-4/h1-10,16H,11H2;3H,2H2,1H3. The quantitative estimate of drug-likeness (QED) is 0.726. The molecule has 22 heavy (non-hydrogen) atoms. The summed E-state index contributed by atoms with van der Waals surface area (Å²) in [5, 5.41) is 1.13. The van der Waals surface area contributed by atoms with Crippen LogP contribution in [-0.4, -0.2) is 18.1 Å². The summed E-state index contributed by atoms with van der Waals surface area (Å²) in [5.74, 6) is 0.924. The average molecular weight is 297 g/mol. The predicted molar refractivity (Wildman–Crippen MR) is 86.8 cm³/mol. The fraction of sp³-hybridized carbons (Fsp3) is 0.167. The Morgan fingerprint density at radius 2 is 1.86 bits per heavy atom. The van der Waals surface area contributed by atoms with Crippen molar-refractivity contribution in [1.82, 2.24) is 4.98 Å². The van der Waals surface area contributed by atoms with Crippen molar-refractivity contribution in [2.75, 3.05) is 6.61 Å². The molecule has 0 saturated carbocycles. The van der Waals surface area contributed by atoms with Crippen molar-refractivity contribution in [1.29, 1.82) is 0 Å². The Hall–Kier alpha value is -2.75. The van der Waals surface area contributed by atoms with Gasteiger partial charge in [0, 0.05) is 17.1 Å². The molecule has 0 atom stereocenters. The highest BCUT2D eigenvalue weighted by Gasteiger charge is 2.02. The minimum absolute atomic E-state index is 0.431. The van der Waals surface area contributed by atoms with E-state index in [-0.39, 0.29) is 0 Å². The fourth-order valence-corrected chi connectivity index (χ4v) is 1.99. The maximum absolute atomic E-state index is 9.18. The van der Waals surface area contributed by atoms with Gasteiger partial charge in [0.25, 0.3) is 6.47 Å². The Labute approximate surface area is 129 Å². The molecule has 0 saturated heterocycles. The van der Waals surface area contributed by atoms with Gasteiger partial charge in [-0.2, -0.15) is 0 Å². The summed E-state index contributed by atoms with van der Waals surface area (Å²) >= 11 is 0. The first-order chi connectivity index (χ1) is 10.8. The van der Waals surface area contributed by atoms with Crippen LogP contribution in [0.25, 0.3) is 10.9 Å². The number of ether oxygens (including phenoxy) is 2. The Bertz CT molecular complexity index is 692. The maximum atomic E-state index is 9.18. The minimum atomic E-state index is 0.431. The van der Waals surface area contributed by atoms with Gasteiger partial charge in [0.2, 0.25) is 0 Å². The van der Waals surface area contributed by atoms with E-state index in [1.807, 2.05) is 48.7 Å². The van der Waals surface area contributed by atoms with Crippen molar-refractivity contribution in [3.8, 4) is 5.75 Å². The number of carbonyl (C=O) groups excluding carboxylic acids is 1. The molecule has 1 aromatic heterocycles. The second-order valence-corrected chi connectivity index (χ2v) is 4.52. The van der Waals surface area contributed by atoms with Crippen LogP contribution in [0.1, 0.15) is 12.5 Å². The lowest BCUT2D eigenvalue weighted by atomic mass is 10.2. The van der Waals surface area contributed by atoms with Crippen LogP contribution in [0.3, 0.4) is 0 Å². The predicted octanol–water partition coefficient (Wildman–Crippen LogP) is 3.93. The summed E-state index contributed by atoms with van der Waals surface area (Å²) in [6, 6.07) is 18.3. The molecule has 0 aliphatic carbocycles. The van der Waals surface area contributed by atoms with Crippen molar-refractivity contribution in [2.45, 2.75) is 13.5 Å². The topological polar surface area (TPSA) is 51.3 Å². The molecule has 3 aromatic rings. The van der Waals surface area contributed by atoms with E-state index in [0.717, 1.165) is 16.7 Å². The van der Waals surface area contributed by atoms with E-state index in [0.29, 0.717) is 19.7 Å². The lowest BCUT2D eigenvalue weighted by Crippen LogP contribution is -1.94. The van der Waals surface area contributed by atoms with Crippen molar-refractivity contribution >= 4 is 17.4 Å². The van der Waals surface area contributed by atoms with E-state index in [1.54, 1.807) is 6.92 Å². The van der Waals surface area contributed by atoms with Crippen LogP contribution in [0.4, 0.5) is 0 Å². The van der Waals surface area contributed by atoms with Gasteiger partial charge >= 0.3 is 0 Å². The summed E-state index contributed by atoms with van der Waals surface area (Å²) in [5.41, 5.74) is 2.29. The minimum Gasteiger partial charge on any atom is -0.488 e. The zero-order valence-electron chi connectivity index (χ0n) is 12.5. The van der Waals surface area contributed by atoms with Gasteiger partial charge in [-0.25, -0.2) is 0 Å². The summed E-state index contributed by atoms with van der Waals surface area (Å²) in [4.78, 5) is 12.4. The second kappa shape index (κ2) is 8.52. The SMILES string of the molecule is CCOC=O.c1ccc(COc2cccc3[nH]ccc23)cc1. The number of hydrogen-bond donors (Lipinski definition) is 1. The van der Waals surface area contributed by atoms with Gasteiger partial charge in [-0.05, 0) is 30.7 Å². The number of aromatic amines is 1. The molecule has 0 aliphatic rings. The molecule has 1 heterocycles. The number of benzene rings is 2. The van der Waals surface area contributed by atoms with E-state index in [1.165, 1.54) is 5.56 Å². The van der Waals surface area contributed by atoms with Gasteiger partial charge in [0.05, 0.1) is 6.61 Å². The van der Waals surface area contributed by atoms with Crippen molar-refractivity contribution < 1.29 is 14.3 Å². The molecule has 114 valence electrons. The van der Waals surface area contributed by atoms with Gasteiger partial charge in [0.1, 0.15) is 12.4 Å². The number of nitrogens with one attached hydrogen (secondary N) is 1. The van der Waals surface area contributed by atoms with E-state index in [9.17, 15) is 4.79 Å². The van der Waals surface area contributed by atoms with Crippen LogP contribution >= 0.6 is 0 Å². The number of aromatic nitrogens is 1. The number of H-pyrrole nitrogens is 1. The molecule has 3 rings (SSSR count). The summed E-state index contributed by atoms with van der Waals surface area (Å²) < 4.78 is 10.00. The van der Waals surface area contributed by atoms with Crippen molar-refractivity contribution in [3.05, 3.63) is 66.4 Å². The van der Waals surface area contributed by atoms with Crippen LogP contribution in [0.5, 0.6) is 5.75 Å². The fourth-order valence-electron chi connectivity index (χ4n) is 1.99. The monoisotopic (exact) mass is 297 g/mol. The van der Waals surface area contributed by atoms with E-state index in [4.69, 9.17) is 4.74 Å². The zero-order chi connectivity index (χ0) is 15.6. The molecule has 2 aromatic carbocycles. The van der Waals surface area contributed by atoms with Gasteiger partial charge in [-0.3, -0.25) is 4.79 Å². The Morgan fingerprint density at radius 1 is 1.05 bits per heavy atom. The van der Waals surface area contributed by atoms with Crippen LogP contribution in [-0.2, 0) is 16.1 Å². The largest absolute Gasteiger partial charge is 0.488 e. The first-order valence-electron chi connectivity index (χ1n) is 7.13. The summed E-state index contributed by atoms with van der Waals surface area (Å²) in [7, 11) is 0. The Morgan fingerprint density at radius 3 is 2.55 bits per heavy atom. The van der Waals surface area contributed by atoms with Crippen LogP contribution < -0.4 is 4.74 Å². The third-order valence-electron chi connectivity index (χ3n) is 3.03. The van der Waals surface area contributed by atoms with Gasteiger partial charge in [-0.1, -0.05) is 36.4 Å². The summed E-state index contributed by atoms with van der Waals surface area (Å²) in [6.45, 7) is 3.27. The number of rotatable bonds is 5. The molecule has 0 amide bonds. The third kappa shape index (κ3) is 4.38. The van der Waals surface area contributed by atoms with Crippen molar-refractivity contribution in [3.63, 3.8) is 0 Å². The first-order valence-corrected chi connectivity index (χ1v) is 7.13. The molecule has 0 bridgehead atoms. The molecule has 0 radical (unpaired) electrons. The Balaban J connectivity index is 0.000000309. The molecule has 4 heteroatoms. The molecular weight excluding hydrogens is 278 g/mol. The molecule has 0 spiro atoms. The highest BCUT2D eigenvalue weighted by molar-refractivity contribution is 5.85. The third-order valence-corrected chi connectivity index (χ3v) is 3.03. The lowest BCUT2D eigenvalue weighted by Gasteiger charge is -2.07. The molecule has 0 fully saturated rings. The number of hydrogen-bond acceptors (Lipinski definition) is 3. The van der Waals surface area contributed by atoms with Crippen LogP contribution in [0.15, 0.2) is 60.8 Å². The highest BCUT2D eigenvalue weighted by atomic mass is 16.5.